The zero-order valence-electron chi connectivity index (χ0n) is 9.95. The van der Waals surface area contributed by atoms with Crippen LogP contribution in [0, 0.1) is 5.41 Å². The van der Waals surface area contributed by atoms with Crippen molar-refractivity contribution < 1.29 is 9.84 Å². The predicted molar refractivity (Wildman–Crippen MR) is 62.0 cm³/mol. The summed E-state index contributed by atoms with van der Waals surface area (Å²) in [5, 5.41) is 10.2. The fraction of sp³-hybridized carbons (Fsp3) is 0.538. The third-order valence-corrected chi connectivity index (χ3v) is 3.08. The van der Waals surface area contributed by atoms with Gasteiger partial charge in [-0.25, -0.2) is 0 Å². The summed E-state index contributed by atoms with van der Waals surface area (Å²) in [6, 6.07) is 7.59. The zero-order chi connectivity index (χ0) is 11.5. The number of ether oxygens (including phenoxy) is 1. The van der Waals surface area contributed by atoms with E-state index in [1.807, 2.05) is 24.3 Å². The van der Waals surface area contributed by atoms with E-state index in [1.165, 1.54) is 0 Å². The standard InChI is InChI=1S/C13H20O2/c1-5-13(2,3)12(14)10-6-8-11(15-4)9-7-10/h6-9,12,14H,5H2,1-4H3. The molecule has 15 heavy (non-hydrogen) atoms. The fourth-order valence-corrected chi connectivity index (χ4v) is 1.43. The van der Waals surface area contributed by atoms with E-state index in [4.69, 9.17) is 4.74 Å². The van der Waals surface area contributed by atoms with Gasteiger partial charge in [-0.2, -0.15) is 0 Å². The maximum atomic E-state index is 10.2. The summed E-state index contributed by atoms with van der Waals surface area (Å²) < 4.78 is 5.08. The Morgan fingerprint density at radius 1 is 1.27 bits per heavy atom. The molecule has 84 valence electrons. The lowest BCUT2D eigenvalue weighted by Gasteiger charge is -2.29. The maximum Gasteiger partial charge on any atom is 0.118 e. The third-order valence-electron chi connectivity index (χ3n) is 3.08. The van der Waals surface area contributed by atoms with E-state index in [9.17, 15) is 5.11 Å². The van der Waals surface area contributed by atoms with Crippen LogP contribution < -0.4 is 4.74 Å². The molecule has 0 saturated heterocycles. The van der Waals surface area contributed by atoms with Crippen LogP contribution in [0.15, 0.2) is 24.3 Å². The fourth-order valence-electron chi connectivity index (χ4n) is 1.43. The summed E-state index contributed by atoms with van der Waals surface area (Å²) in [6.07, 6.45) is 0.522. The van der Waals surface area contributed by atoms with Crippen LogP contribution in [0.1, 0.15) is 38.9 Å². The molecule has 0 aromatic heterocycles. The number of methoxy groups -OCH3 is 1. The molecule has 1 unspecified atom stereocenters. The molecular formula is C13H20O2. The average Bonchev–Trinajstić information content (AvgIpc) is 2.28. The lowest BCUT2D eigenvalue weighted by atomic mass is 9.80. The predicted octanol–water partition coefficient (Wildman–Crippen LogP) is 3.16. The first-order chi connectivity index (χ1) is 7.01. The number of aliphatic hydroxyl groups excluding tert-OH is 1. The van der Waals surface area contributed by atoms with Gasteiger partial charge in [0.15, 0.2) is 0 Å². The van der Waals surface area contributed by atoms with Crippen LogP contribution >= 0.6 is 0 Å². The molecule has 1 atom stereocenters. The molecule has 0 aliphatic carbocycles. The Morgan fingerprint density at radius 3 is 2.20 bits per heavy atom. The summed E-state index contributed by atoms with van der Waals surface area (Å²) in [4.78, 5) is 0. The van der Waals surface area contributed by atoms with Crippen molar-refractivity contribution in [3.05, 3.63) is 29.8 Å². The van der Waals surface area contributed by atoms with Gasteiger partial charge >= 0.3 is 0 Å². The highest BCUT2D eigenvalue weighted by Crippen LogP contribution is 2.36. The molecular weight excluding hydrogens is 188 g/mol. The molecule has 0 aliphatic rings. The second-order valence-electron chi connectivity index (χ2n) is 4.52. The Hall–Kier alpha value is -1.02. The van der Waals surface area contributed by atoms with E-state index in [-0.39, 0.29) is 5.41 Å². The molecule has 0 spiro atoms. The Bertz CT molecular complexity index is 301. The minimum Gasteiger partial charge on any atom is -0.497 e. The van der Waals surface area contributed by atoms with Gasteiger partial charge in [0.2, 0.25) is 0 Å². The molecule has 1 aromatic rings. The monoisotopic (exact) mass is 208 g/mol. The number of benzene rings is 1. The highest BCUT2D eigenvalue weighted by Gasteiger charge is 2.26. The Labute approximate surface area is 91.9 Å². The number of rotatable bonds is 4. The van der Waals surface area contributed by atoms with Gasteiger partial charge in [-0.1, -0.05) is 32.9 Å². The molecule has 2 nitrogen and oxygen atoms in total. The van der Waals surface area contributed by atoms with E-state index >= 15 is 0 Å². The first kappa shape index (κ1) is 12.1. The number of hydrogen-bond donors (Lipinski definition) is 1. The van der Waals surface area contributed by atoms with Crippen molar-refractivity contribution >= 4 is 0 Å². The Morgan fingerprint density at radius 2 is 1.80 bits per heavy atom. The second-order valence-corrected chi connectivity index (χ2v) is 4.52. The van der Waals surface area contributed by atoms with Crippen molar-refractivity contribution in [2.45, 2.75) is 33.3 Å². The molecule has 0 heterocycles. The Kier molecular flexibility index (Phi) is 3.75. The van der Waals surface area contributed by atoms with Crippen molar-refractivity contribution in [2.24, 2.45) is 5.41 Å². The lowest BCUT2D eigenvalue weighted by Crippen LogP contribution is -2.20. The quantitative estimate of drug-likeness (QED) is 0.823. The van der Waals surface area contributed by atoms with E-state index in [0.29, 0.717) is 0 Å². The van der Waals surface area contributed by atoms with E-state index in [2.05, 4.69) is 20.8 Å². The SMILES string of the molecule is CCC(C)(C)C(O)c1ccc(OC)cc1. The van der Waals surface area contributed by atoms with Gasteiger partial charge in [0.05, 0.1) is 13.2 Å². The molecule has 0 fully saturated rings. The highest BCUT2D eigenvalue weighted by molar-refractivity contribution is 5.29. The van der Waals surface area contributed by atoms with Crippen molar-refractivity contribution in [1.29, 1.82) is 0 Å². The van der Waals surface area contributed by atoms with Crippen LogP contribution in [0.3, 0.4) is 0 Å². The van der Waals surface area contributed by atoms with Crippen LogP contribution in [0.25, 0.3) is 0 Å². The van der Waals surface area contributed by atoms with Gasteiger partial charge in [-0.15, -0.1) is 0 Å². The molecule has 0 amide bonds. The molecule has 1 N–H and O–H groups in total. The van der Waals surface area contributed by atoms with Crippen molar-refractivity contribution in [1.82, 2.24) is 0 Å². The molecule has 1 rings (SSSR count). The molecule has 0 aliphatic heterocycles. The largest absolute Gasteiger partial charge is 0.497 e. The van der Waals surface area contributed by atoms with Gasteiger partial charge in [0.25, 0.3) is 0 Å². The summed E-state index contributed by atoms with van der Waals surface area (Å²) >= 11 is 0. The molecule has 0 bridgehead atoms. The number of hydrogen-bond acceptors (Lipinski definition) is 2. The summed E-state index contributed by atoms with van der Waals surface area (Å²) in [5.74, 6) is 0.820. The van der Waals surface area contributed by atoms with Crippen LogP contribution in [0.4, 0.5) is 0 Å². The van der Waals surface area contributed by atoms with Gasteiger partial charge in [0, 0.05) is 0 Å². The minimum atomic E-state index is -0.423. The number of aliphatic hydroxyl groups is 1. The van der Waals surface area contributed by atoms with Gasteiger partial charge < -0.3 is 9.84 Å². The van der Waals surface area contributed by atoms with Crippen molar-refractivity contribution in [3.63, 3.8) is 0 Å². The van der Waals surface area contributed by atoms with E-state index < -0.39 is 6.10 Å². The summed E-state index contributed by atoms with van der Waals surface area (Å²) in [6.45, 7) is 6.23. The molecule has 1 aromatic carbocycles. The van der Waals surface area contributed by atoms with Crippen LogP contribution in [0.2, 0.25) is 0 Å². The maximum absolute atomic E-state index is 10.2. The lowest BCUT2D eigenvalue weighted by molar-refractivity contribution is 0.0465. The topological polar surface area (TPSA) is 29.5 Å². The van der Waals surface area contributed by atoms with E-state index in [1.54, 1.807) is 7.11 Å². The first-order valence-electron chi connectivity index (χ1n) is 5.33. The van der Waals surface area contributed by atoms with Crippen molar-refractivity contribution in [3.8, 4) is 5.75 Å². The Balaban J connectivity index is 2.87. The zero-order valence-corrected chi connectivity index (χ0v) is 9.95. The third kappa shape index (κ3) is 2.72. The van der Waals surface area contributed by atoms with Crippen LogP contribution in [-0.2, 0) is 0 Å². The molecule has 0 radical (unpaired) electrons. The smallest absolute Gasteiger partial charge is 0.118 e. The van der Waals surface area contributed by atoms with Gasteiger partial charge in [-0.3, -0.25) is 0 Å². The second kappa shape index (κ2) is 4.67. The van der Waals surface area contributed by atoms with Crippen molar-refractivity contribution in [2.75, 3.05) is 7.11 Å². The normalized spacial score (nSPS) is 13.7. The average molecular weight is 208 g/mol. The van der Waals surface area contributed by atoms with Gasteiger partial charge in [0.1, 0.15) is 5.75 Å². The summed E-state index contributed by atoms with van der Waals surface area (Å²) in [7, 11) is 1.64. The summed E-state index contributed by atoms with van der Waals surface area (Å²) in [5.41, 5.74) is 0.858. The minimum absolute atomic E-state index is 0.0887. The van der Waals surface area contributed by atoms with E-state index in [0.717, 1.165) is 17.7 Å². The molecule has 2 heteroatoms. The van der Waals surface area contributed by atoms with Crippen LogP contribution in [-0.4, -0.2) is 12.2 Å². The molecule has 0 saturated carbocycles. The first-order valence-corrected chi connectivity index (χ1v) is 5.33. The van der Waals surface area contributed by atoms with Gasteiger partial charge in [-0.05, 0) is 29.5 Å². The highest BCUT2D eigenvalue weighted by atomic mass is 16.5. The van der Waals surface area contributed by atoms with Crippen LogP contribution in [0.5, 0.6) is 5.75 Å².